The molecule has 2 heteroatoms. The molecule has 0 bridgehead atoms. The van der Waals surface area contributed by atoms with Crippen LogP contribution in [0.1, 0.15) is 31.7 Å². The standard InChI is InChI=1S/C12H17NO/c1-3-9(2)10-4-5-11-12(8-10)14-7-6-13-11/h4-5,8-9,13H,3,6-7H2,1-2H3. The van der Waals surface area contributed by atoms with Crippen molar-refractivity contribution in [1.82, 2.24) is 0 Å². The summed E-state index contributed by atoms with van der Waals surface area (Å²) in [6, 6.07) is 6.47. The number of ether oxygens (including phenoxy) is 1. The number of hydrogen-bond donors (Lipinski definition) is 1. The molecular formula is C12H17NO. The van der Waals surface area contributed by atoms with E-state index in [9.17, 15) is 0 Å². The zero-order chi connectivity index (χ0) is 9.97. The first-order chi connectivity index (χ1) is 6.81. The molecule has 0 amide bonds. The van der Waals surface area contributed by atoms with Crippen LogP contribution in [-0.4, -0.2) is 13.2 Å². The molecule has 0 saturated carbocycles. The topological polar surface area (TPSA) is 21.3 Å². The van der Waals surface area contributed by atoms with E-state index in [4.69, 9.17) is 4.74 Å². The molecule has 1 unspecified atom stereocenters. The molecule has 76 valence electrons. The average molecular weight is 191 g/mol. The molecule has 1 aliphatic rings. The van der Waals surface area contributed by atoms with Gasteiger partial charge in [0, 0.05) is 6.54 Å². The van der Waals surface area contributed by atoms with E-state index in [2.05, 4.69) is 37.4 Å². The predicted octanol–water partition coefficient (Wildman–Crippen LogP) is 3.00. The van der Waals surface area contributed by atoms with Gasteiger partial charge in [0.1, 0.15) is 12.4 Å². The summed E-state index contributed by atoms with van der Waals surface area (Å²) >= 11 is 0. The van der Waals surface area contributed by atoms with Gasteiger partial charge in [-0.15, -0.1) is 0 Å². The van der Waals surface area contributed by atoms with Gasteiger partial charge in [0.15, 0.2) is 0 Å². The van der Waals surface area contributed by atoms with Crippen molar-refractivity contribution in [2.45, 2.75) is 26.2 Å². The Hall–Kier alpha value is -1.18. The highest BCUT2D eigenvalue weighted by Crippen LogP contribution is 2.31. The maximum absolute atomic E-state index is 5.60. The average Bonchev–Trinajstić information content (AvgIpc) is 2.27. The van der Waals surface area contributed by atoms with Crippen LogP contribution in [0.5, 0.6) is 5.75 Å². The second kappa shape index (κ2) is 3.91. The molecule has 0 aliphatic carbocycles. The predicted molar refractivity (Wildman–Crippen MR) is 59.1 cm³/mol. The highest BCUT2D eigenvalue weighted by molar-refractivity contribution is 5.59. The molecule has 0 saturated heterocycles. The van der Waals surface area contributed by atoms with Gasteiger partial charge in [-0.1, -0.05) is 19.9 Å². The van der Waals surface area contributed by atoms with Crippen LogP contribution >= 0.6 is 0 Å². The van der Waals surface area contributed by atoms with Gasteiger partial charge in [0.05, 0.1) is 5.69 Å². The smallest absolute Gasteiger partial charge is 0.142 e. The molecule has 0 aromatic heterocycles. The minimum absolute atomic E-state index is 0.617. The van der Waals surface area contributed by atoms with Crippen molar-refractivity contribution < 1.29 is 4.74 Å². The van der Waals surface area contributed by atoms with Gasteiger partial charge >= 0.3 is 0 Å². The minimum Gasteiger partial charge on any atom is -0.490 e. The van der Waals surface area contributed by atoms with E-state index in [0.717, 1.165) is 24.6 Å². The molecule has 2 nitrogen and oxygen atoms in total. The molecule has 1 heterocycles. The van der Waals surface area contributed by atoms with Gasteiger partial charge in [-0.25, -0.2) is 0 Å². The fourth-order valence-corrected chi connectivity index (χ4v) is 1.69. The highest BCUT2D eigenvalue weighted by atomic mass is 16.5. The lowest BCUT2D eigenvalue weighted by Crippen LogP contribution is -2.18. The van der Waals surface area contributed by atoms with Crippen LogP contribution in [0.3, 0.4) is 0 Å². The van der Waals surface area contributed by atoms with E-state index in [1.54, 1.807) is 0 Å². The number of rotatable bonds is 2. The quantitative estimate of drug-likeness (QED) is 0.776. The molecule has 0 radical (unpaired) electrons. The number of hydrogen-bond acceptors (Lipinski definition) is 2. The third-order valence-corrected chi connectivity index (χ3v) is 2.86. The number of nitrogens with one attached hydrogen (secondary N) is 1. The van der Waals surface area contributed by atoms with Crippen LogP contribution in [0.25, 0.3) is 0 Å². The Morgan fingerprint density at radius 1 is 1.50 bits per heavy atom. The summed E-state index contributed by atoms with van der Waals surface area (Å²) in [5.74, 6) is 1.62. The van der Waals surface area contributed by atoms with Crippen LogP contribution in [0.15, 0.2) is 18.2 Å². The van der Waals surface area contributed by atoms with Crippen molar-refractivity contribution in [3.8, 4) is 5.75 Å². The summed E-state index contributed by atoms with van der Waals surface area (Å²) in [6.07, 6.45) is 1.17. The summed E-state index contributed by atoms with van der Waals surface area (Å²) in [4.78, 5) is 0. The Balaban J connectivity index is 2.29. The molecule has 0 spiro atoms. The maximum atomic E-state index is 5.60. The molecule has 14 heavy (non-hydrogen) atoms. The summed E-state index contributed by atoms with van der Waals surface area (Å²) in [5, 5.41) is 3.32. The summed E-state index contributed by atoms with van der Waals surface area (Å²) in [7, 11) is 0. The molecule has 1 aliphatic heterocycles. The Bertz CT molecular complexity index is 322. The van der Waals surface area contributed by atoms with Crippen LogP contribution in [0.2, 0.25) is 0 Å². The molecule has 1 aromatic rings. The number of anilines is 1. The van der Waals surface area contributed by atoms with Crippen molar-refractivity contribution in [3.05, 3.63) is 23.8 Å². The van der Waals surface area contributed by atoms with Crippen LogP contribution < -0.4 is 10.1 Å². The summed E-state index contributed by atoms with van der Waals surface area (Å²) in [6.45, 7) is 6.15. The fraction of sp³-hybridized carbons (Fsp3) is 0.500. The van der Waals surface area contributed by atoms with E-state index in [1.165, 1.54) is 12.0 Å². The molecular weight excluding hydrogens is 174 g/mol. The maximum Gasteiger partial charge on any atom is 0.142 e. The van der Waals surface area contributed by atoms with Gasteiger partial charge in [-0.3, -0.25) is 0 Å². The van der Waals surface area contributed by atoms with Gasteiger partial charge < -0.3 is 10.1 Å². The van der Waals surface area contributed by atoms with Crippen molar-refractivity contribution in [2.75, 3.05) is 18.5 Å². The number of benzene rings is 1. The zero-order valence-corrected chi connectivity index (χ0v) is 8.84. The molecule has 1 aromatic carbocycles. The minimum atomic E-state index is 0.617. The lowest BCUT2D eigenvalue weighted by molar-refractivity contribution is 0.323. The fourth-order valence-electron chi connectivity index (χ4n) is 1.69. The molecule has 2 rings (SSSR count). The Morgan fingerprint density at radius 2 is 2.36 bits per heavy atom. The molecule has 0 fully saturated rings. The Kier molecular flexibility index (Phi) is 2.62. The van der Waals surface area contributed by atoms with Crippen molar-refractivity contribution in [3.63, 3.8) is 0 Å². The van der Waals surface area contributed by atoms with Crippen molar-refractivity contribution in [2.24, 2.45) is 0 Å². The second-order valence-electron chi connectivity index (χ2n) is 3.84. The summed E-state index contributed by atoms with van der Waals surface area (Å²) < 4.78 is 5.60. The van der Waals surface area contributed by atoms with Gasteiger partial charge in [0.25, 0.3) is 0 Å². The Labute approximate surface area is 85.3 Å². The first-order valence-corrected chi connectivity index (χ1v) is 5.32. The first kappa shape index (κ1) is 9.38. The van der Waals surface area contributed by atoms with Crippen molar-refractivity contribution >= 4 is 5.69 Å². The lowest BCUT2D eigenvalue weighted by atomic mass is 9.98. The third-order valence-electron chi connectivity index (χ3n) is 2.86. The van der Waals surface area contributed by atoms with Gasteiger partial charge in [-0.05, 0) is 30.0 Å². The van der Waals surface area contributed by atoms with Crippen LogP contribution in [0.4, 0.5) is 5.69 Å². The largest absolute Gasteiger partial charge is 0.490 e. The van der Waals surface area contributed by atoms with E-state index in [0.29, 0.717) is 5.92 Å². The van der Waals surface area contributed by atoms with Gasteiger partial charge in [-0.2, -0.15) is 0 Å². The SMILES string of the molecule is CCC(C)c1ccc2c(c1)OCCN2. The second-order valence-corrected chi connectivity index (χ2v) is 3.84. The van der Waals surface area contributed by atoms with E-state index in [1.807, 2.05) is 0 Å². The number of fused-ring (bicyclic) bond motifs is 1. The lowest BCUT2D eigenvalue weighted by Gasteiger charge is -2.20. The zero-order valence-electron chi connectivity index (χ0n) is 8.84. The Morgan fingerprint density at radius 3 is 3.14 bits per heavy atom. The van der Waals surface area contributed by atoms with E-state index in [-0.39, 0.29) is 0 Å². The van der Waals surface area contributed by atoms with Crippen molar-refractivity contribution in [1.29, 1.82) is 0 Å². The normalized spacial score (nSPS) is 16.4. The monoisotopic (exact) mass is 191 g/mol. The summed E-state index contributed by atoms with van der Waals surface area (Å²) in [5.41, 5.74) is 2.50. The third kappa shape index (κ3) is 1.69. The highest BCUT2D eigenvalue weighted by Gasteiger charge is 2.11. The van der Waals surface area contributed by atoms with Crippen LogP contribution in [0, 0.1) is 0 Å². The first-order valence-electron chi connectivity index (χ1n) is 5.32. The van der Waals surface area contributed by atoms with E-state index < -0.39 is 0 Å². The van der Waals surface area contributed by atoms with Crippen LogP contribution in [-0.2, 0) is 0 Å². The molecule has 1 N–H and O–H groups in total. The van der Waals surface area contributed by atoms with Gasteiger partial charge in [0.2, 0.25) is 0 Å². The van der Waals surface area contributed by atoms with E-state index >= 15 is 0 Å². The molecule has 1 atom stereocenters.